The van der Waals surface area contributed by atoms with E-state index in [0.717, 1.165) is 25.1 Å². The van der Waals surface area contributed by atoms with Crippen LogP contribution < -0.4 is 5.32 Å². The van der Waals surface area contributed by atoms with Crippen molar-refractivity contribution >= 4 is 5.97 Å². The zero-order chi connectivity index (χ0) is 13.1. The van der Waals surface area contributed by atoms with E-state index in [1.165, 1.54) is 0 Å². The average molecular weight is 253 g/mol. The molecular formula is C12H19N3O3. The molecule has 0 radical (unpaired) electrons. The molecule has 1 aromatic heterocycles. The number of carbonyl (C=O) groups is 1. The summed E-state index contributed by atoms with van der Waals surface area (Å²) < 4.78 is 7.16. The fourth-order valence-corrected chi connectivity index (χ4v) is 2.18. The van der Waals surface area contributed by atoms with Gasteiger partial charge in [-0.25, -0.2) is 0 Å². The lowest BCUT2D eigenvalue weighted by atomic mass is 10.1. The number of rotatable bonds is 5. The Morgan fingerprint density at radius 2 is 2.56 bits per heavy atom. The van der Waals surface area contributed by atoms with Crippen molar-refractivity contribution in [3.05, 3.63) is 17.5 Å². The summed E-state index contributed by atoms with van der Waals surface area (Å²) in [7, 11) is 1.80. The minimum absolute atomic E-state index is 0.129. The Morgan fingerprint density at radius 3 is 3.06 bits per heavy atom. The SMILES string of the molecule is Cc1c(C(NCC2CCCO2)C(=O)O)cnn1C. The number of aryl methyl sites for hydroxylation is 1. The van der Waals surface area contributed by atoms with E-state index >= 15 is 0 Å². The fourth-order valence-electron chi connectivity index (χ4n) is 2.18. The van der Waals surface area contributed by atoms with Gasteiger partial charge in [0.15, 0.2) is 0 Å². The lowest BCUT2D eigenvalue weighted by Gasteiger charge is -2.17. The van der Waals surface area contributed by atoms with Gasteiger partial charge in [0.2, 0.25) is 0 Å². The van der Waals surface area contributed by atoms with Gasteiger partial charge in [-0.15, -0.1) is 0 Å². The Kier molecular flexibility index (Phi) is 3.98. The molecule has 0 aliphatic carbocycles. The minimum atomic E-state index is -0.885. The highest BCUT2D eigenvalue weighted by atomic mass is 16.5. The summed E-state index contributed by atoms with van der Waals surface area (Å²) in [6, 6.07) is -0.720. The van der Waals surface area contributed by atoms with E-state index in [9.17, 15) is 9.90 Å². The van der Waals surface area contributed by atoms with Gasteiger partial charge in [-0.1, -0.05) is 0 Å². The fraction of sp³-hybridized carbons (Fsp3) is 0.667. The van der Waals surface area contributed by atoms with Gasteiger partial charge < -0.3 is 9.84 Å². The number of carboxylic acids is 1. The Bertz CT molecular complexity index is 424. The summed E-state index contributed by atoms with van der Waals surface area (Å²) in [5, 5.41) is 16.4. The standard InChI is InChI=1S/C12H19N3O3/c1-8-10(7-14-15(8)2)11(12(16)17)13-6-9-4-3-5-18-9/h7,9,11,13H,3-6H2,1-2H3,(H,16,17). The van der Waals surface area contributed by atoms with Crippen LogP contribution in [0.2, 0.25) is 0 Å². The number of nitrogens with one attached hydrogen (secondary N) is 1. The third-order valence-corrected chi connectivity index (χ3v) is 3.40. The molecule has 0 bridgehead atoms. The Balaban J connectivity index is 2.03. The number of nitrogens with zero attached hydrogens (tertiary/aromatic N) is 2. The molecule has 0 aromatic carbocycles. The lowest BCUT2D eigenvalue weighted by molar-refractivity contribution is -0.139. The minimum Gasteiger partial charge on any atom is -0.480 e. The van der Waals surface area contributed by atoms with Crippen molar-refractivity contribution < 1.29 is 14.6 Å². The molecule has 18 heavy (non-hydrogen) atoms. The summed E-state index contributed by atoms with van der Waals surface area (Å²) in [5.41, 5.74) is 1.57. The first kappa shape index (κ1) is 13.0. The van der Waals surface area contributed by atoms with Gasteiger partial charge in [0.05, 0.1) is 12.3 Å². The molecule has 2 rings (SSSR count). The van der Waals surface area contributed by atoms with Crippen molar-refractivity contribution in [2.45, 2.75) is 31.9 Å². The first-order valence-electron chi connectivity index (χ1n) is 6.16. The molecule has 1 aliphatic rings. The highest BCUT2D eigenvalue weighted by molar-refractivity contribution is 5.75. The number of aliphatic carboxylic acids is 1. The zero-order valence-corrected chi connectivity index (χ0v) is 10.7. The van der Waals surface area contributed by atoms with Crippen molar-refractivity contribution in [1.82, 2.24) is 15.1 Å². The van der Waals surface area contributed by atoms with E-state index in [1.54, 1.807) is 17.9 Å². The van der Waals surface area contributed by atoms with Gasteiger partial charge >= 0.3 is 5.97 Å². The van der Waals surface area contributed by atoms with Crippen LogP contribution in [0.4, 0.5) is 0 Å². The number of hydrogen-bond acceptors (Lipinski definition) is 4. The van der Waals surface area contributed by atoms with E-state index in [4.69, 9.17) is 4.74 Å². The molecule has 2 unspecified atom stereocenters. The van der Waals surface area contributed by atoms with Gasteiger partial charge in [0, 0.05) is 31.5 Å². The number of aromatic nitrogens is 2. The van der Waals surface area contributed by atoms with Gasteiger partial charge in [-0.3, -0.25) is 14.8 Å². The molecular weight excluding hydrogens is 234 g/mol. The molecule has 2 heterocycles. The molecule has 0 saturated carbocycles. The molecule has 1 fully saturated rings. The molecule has 1 saturated heterocycles. The molecule has 2 N–H and O–H groups in total. The summed E-state index contributed by atoms with van der Waals surface area (Å²) in [6.45, 7) is 3.20. The van der Waals surface area contributed by atoms with Crippen LogP contribution in [0, 0.1) is 6.92 Å². The van der Waals surface area contributed by atoms with Crippen LogP contribution in [0.5, 0.6) is 0 Å². The normalized spacial score (nSPS) is 21.1. The van der Waals surface area contributed by atoms with Crippen LogP contribution in [0.1, 0.15) is 30.1 Å². The second-order valence-corrected chi connectivity index (χ2v) is 4.62. The highest BCUT2D eigenvalue weighted by Crippen LogP contribution is 2.18. The average Bonchev–Trinajstić information content (AvgIpc) is 2.93. The maximum Gasteiger partial charge on any atom is 0.325 e. The van der Waals surface area contributed by atoms with Crippen LogP contribution in [0.15, 0.2) is 6.20 Å². The van der Waals surface area contributed by atoms with Gasteiger partial charge in [-0.05, 0) is 19.8 Å². The second kappa shape index (κ2) is 5.49. The number of carboxylic acid groups (broad SMARTS) is 1. The van der Waals surface area contributed by atoms with Gasteiger partial charge in [0.25, 0.3) is 0 Å². The van der Waals surface area contributed by atoms with Crippen molar-refractivity contribution in [1.29, 1.82) is 0 Å². The van der Waals surface area contributed by atoms with Crippen LogP contribution in [-0.4, -0.2) is 40.1 Å². The first-order chi connectivity index (χ1) is 8.59. The molecule has 100 valence electrons. The van der Waals surface area contributed by atoms with E-state index in [-0.39, 0.29) is 6.10 Å². The Morgan fingerprint density at radius 1 is 1.78 bits per heavy atom. The number of hydrogen-bond donors (Lipinski definition) is 2. The highest BCUT2D eigenvalue weighted by Gasteiger charge is 2.25. The van der Waals surface area contributed by atoms with Crippen molar-refractivity contribution in [2.75, 3.05) is 13.2 Å². The maximum absolute atomic E-state index is 11.3. The largest absolute Gasteiger partial charge is 0.480 e. The third kappa shape index (κ3) is 2.70. The van der Waals surface area contributed by atoms with E-state index in [2.05, 4.69) is 10.4 Å². The van der Waals surface area contributed by atoms with Crippen molar-refractivity contribution in [3.63, 3.8) is 0 Å². The molecule has 0 spiro atoms. The van der Waals surface area contributed by atoms with Crippen LogP contribution >= 0.6 is 0 Å². The topological polar surface area (TPSA) is 76.4 Å². The molecule has 6 heteroatoms. The summed E-state index contributed by atoms with van der Waals surface area (Å²) in [5.74, 6) is -0.885. The van der Waals surface area contributed by atoms with E-state index in [0.29, 0.717) is 12.1 Å². The second-order valence-electron chi connectivity index (χ2n) is 4.62. The maximum atomic E-state index is 11.3. The van der Waals surface area contributed by atoms with Crippen LogP contribution in [-0.2, 0) is 16.6 Å². The summed E-state index contributed by atoms with van der Waals surface area (Å²) in [6.07, 6.45) is 3.78. The zero-order valence-electron chi connectivity index (χ0n) is 10.7. The van der Waals surface area contributed by atoms with E-state index in [1.807, 2.05) is 6.92 Å². The monoisotopic (exact) mass is 253 g/mol. The summed E-state index contributed by atoms with van der Waals surface area (Å²) in [4.78, 5) is 11.3. The predicted molar refractivity (Wildman–Crippen MR) is 65.3 cm³/mol. The van der Waals surface area contributed by atoms with Gasteiger partial charge in [-0.2, -0.15) is 5.10 Å². The molecule has 0 amide bonds. The van der Waals surface area contributed by atoms with E-state index < -0.39 is 12.0 Å². The Labute approximate surface area is 106 Å². The predicted octanol–water partition coefficient (Wildman–Crippen LogP) is 0.623. The van der Waals surface area contributed by atoms with Crippen LogP contribution in [0.25, 0.3) is 0 Å². The quantitative estimate of drug-likeness (QED) is 0.804. The van der Waals surface area contributed by atoms with Crippen molar-refractivity contribution in [2.24, 2.45) is 7.05 Å². The third-order valence-electron chi connectivity index (χ3n) is 3.40. The first-order valence-corrected chi connectivity index (χ1v) is 6.16. The molecule has 6 nitrogen and oxygen atoms in total. The lowest BCUT2D eigenvalue weighted by Crippen LogP contribution is -2.34. The summed E-state index contributed by atoms with van der Waals surface area (Å²) >= 11 is 0. The van der Waals surface area contributed by atoms with Crippen molar-refractivity contribution in [3.8, 4) is 0 Å². The smallest absolute Gasteiger partial charge is 0.325 e. The Hall–Kier alpha value is -1.40. The molecule has 1 aliphatic heterocycles. The van der Waals surface area contributed by atoms with Gasteiger partial charge in [0.1, 0.15) is 6.04 Å². The molecule has 2 atom stereocenters. The van der Waals surface area contributed by atoms with Crippen LogP contribution in [0.3, 0.4) is 0 Å². The number of ether oxygens (including phenoxy) is 1. The molecule has 1 aromatic rings.